The van der Waals surface area contributed by atoms with Crippen LogP contribution in [0.4, 0.5) is 0 Å². The Morgan fingerprint density at radius 2 is 1.50 bits per heavy atom. The van der Waals surface area contributed by atoms with Crippen LogP contribution in [0.15, 0.2) is 103 Å². The predicted molar refractivity (Wildman–Crippen MR) is 142 cm³/mol. The predicted octanol–water partition coefficient (Wildman–Crippen LogP) is 6.57. The summed E-state index contributed by atoms with van der Waals surface area (Å²) in [5.74, 6) is 0.804. The lowest BCUT2D eigenvalue weighted by molar-refractivity contribution is -0.134. The molecule has 0 unspecified atom stereocenters. The third-order valence-electron chi connectivity index (χ3n) is 5.57. The van der Waals surface area contributed by atoms with Crippen molar-refractivity contribution in [2.45, 2.75) is 13.5 Å². The molecule has 36 heavy (non-hydrogen) atoms. The van der Waals surface area contributed by atoms with Crippen LogP contribution < -0.4 is 10.1 Å². The van der Waals surface area contributed by atoms with E-state index >= 15 is 0 Å². The van der Waals surface area contributed by atoms with Crippen molar-refractivity contribution < 1.29 is 19.1 Å². The first-order chi connectivity index (χ1) is 17.5. The number of carbonyl (C=O) groups excluding carboxylic acids is 2. The van der Waals surface area contributed by atoms with Crippen molar-refractivity contribution in [3.05, 3.63) is 125 Å². The summed E-state index contributed by atoms with van der Waals surface area (Å²) < 4.78 is 10.6. The molecule has 0 saturated heterocycles. The minimum absolute atomic E-state index is 0.200. The van der Waals surface area contributed by atoms with E-state index < -0.39 is 5.97 Å². The smallest absolute Gasteiger partial charge is 0.330 e. The maximum atomic E-state index is 13.0. The van der Waals surface area contributed by atoms with Crippen LogP contribution in [0.3, 0.4) is 0 Å². The van der Waals surface area contributed by atoms with Gasteiger partial charge in [0.2, 0.25) is 0 Å². The van der Waals surface area contributed by atoms with Crippen molar-refractivity contribution >= 4 is 18.0 Å². The summed E-state index contributed by atoms with van der Waals surface area (Å²) in [7, 11) is 1.33. The Hall–Kier alpha value is -4.64. The highest BCUT2D eigenvalue weighted by molar-refractivity contribution is 5.97. The average molecular weight is 478 g/mol. The molecular weight excluding hydrogens is 450 g/mol. The van der Waals surface area contributed by atoms with Crippen LogP contribution in [0.1, 0.15) is 27.0 Å². The SMILES string of the molecule is COC(=O)/C=C/c1cc(C(=O)NCc2ccc(C)cc2)cc(-c2ccc(Oc3ccccc3)cc2)c1. The van der Waals surface area contributed by atoms with Crippen LogP contribution in [-0.2, 0) is 16.1 Å². The molecule has 0 saturated carbocycles. The van der Waals surface area contributed by atoms with Crippen LogP contribution in [0.25, 0.3) is 17.2 Å². The van der Waals surface area contributed by atoms with E-state index in [2.05, 4.69) is 5.32 Å². The van der Waals surface area contributed by atoms with E-state index in [1.54, 1.807) is 12.1 Å². The van der Waals surface area contributed by atoms with E-state index in [9.17, 15) is 9.59 Å². The molecule has 4 aromatic carbocycles. The highest BCUT2D eigenvalue weighted by Crippen LogP contribution is 2.28. The van der Waals surface area contributed by atoms with E-state index in [0.29, 0.717) is 23.4 Å². The first kappa shape index (κ1) is 24.5. The Kier molecular flexibility index (Phi) is 7.94. The van der Waals surface area contributed by atoms with Gasteiger partial charge >= 0.3 is 5.97 Å². The van der Waals surface area contributed by atoms with Gasteiger partial charge in [-0.15, -0.1) is 0 Å². The van der Waals surface area contributed by atoms with Gasteiger partial charge in [0.1, 0.15) is 11.5 Å². The Morgan fingerprint density at radius 3 is 2.19 bits per heavy atom. The number of nitrogens with one attached hydrogen (secondary N) is 1. The molecular formula is C31H27NO4. The second-order valence-corrected chi connectivity index (χ2v) is 8.31. The maximum absolute atomic E-state index is 13.0. The number of hydrogen-bond donors (Lipinski definition) is 1. The number of benzene rings is 4. The van der Waals surface area contributed by atoms with Crippen molar-refractivity contribution in [2.75, 3.05) is 7.11 Å². The molecule has 0 bridgehead atoms. The molecule has 0 fully saturated rings. The standard InChI is InChI=1S/C31H27NO4/c1-22-8-10-23(11-9-22)21-32-31(34)27-19-24(12-17-30(33)35-2)18-26(20-27)25-13-15-29(16-14-25)36-28-6-4-3-5-7-28/h3-20H,21H2,1-2H3,(H,32,34)/b17-12+. The zero-order valence-electron chi connectivity index (χ0n) is 20.2. The number of hydrogen-bond acceptors (Lipinski definition) is 4. The van der Waals surface area contributed by atoms with Gasteiger partial charge in [-0.05, 0) is 77.7 Å². The molecule has 1 amide bonds. The van der Waals surface area contributed by atoms with Gasteiger partial charge in [-0.1, -0.05) is 60.2 Å². The van der Waals surface area contributed by atoms with E-state index in [0.717, 1.165) is 22.4 Å². The van der Waals surface area contributed by atoms with Gasteiger partial charge in [0.25, 0.3) is 5.91 Å². The van der Waals surface area contributed by atoms with E-state index in [4.69, 9.17) is 9.47 Å². The second-order valence-electron chi connectivity index (χ2n) is 8.31. The molecule has 0 spiro atoms. The second kappa shape index (κ2) is 11.7. The molecule has 4 aromatic rings. The van der Waals surface area contributed by atoms with Gasteiger partial charge in [0.15, 0.2) is 0 Å². The van der Waals surface area contributed by atoms with Crippen LogP contribution in [-0.4, -0.2) is 19.0 Å². The average Bonchev–Trinajstić information content (AvgIpc) is 2.92. The molecule has 0 aliphatic heterocycles. The monoisotopic (exact) mass is 477 g/mol. The molecule has 0 aliphatic carbocycles. The third kappa shape index (κ3) is 6.70. The summed E-state index contributed by atoms with van der Waals surface area (Å²) in [6.07, 6.45) is 2.98. The van der Waals surface area contributed by atoms with Crippen molar-refractivity contribution in [1.82, 2.24) is 5.32 Å². The zero-order chi connectivity index (χ0) is 25.3. The summed E-state index contributed by atoms with van der Waals surface area (Å²) in [5, 5.41) is 2.98. The molecule has 180 valence electrons. The molecule has 4 rings (SSSR count). The van der Waals surface area contributed by atoms with Crippen LogP contribution in [0.5, 0.6) is 11.5 Å². The number of rotatable bonds is 8. The Morgan fingerprint density at radius 1 is 0.806 bits per heavy atom. The summed E-state index contributed by atoms with van der Waals surface area (Å²) in [4.78, 5) is 24.7. The Labute approximate surface area is 211 Å². The normalized spacial score (nSPS) is 10.7. The number of esters is 1. The van der Waals surface area contributed by atoms with Crippen LogP contribution >= 0.6 is 0 Å². The number of amides is 1. The zero-order valence-corrected chi connectivity index (χ0v) is 20.2. The minimum Gasteiger partial charge on any atom is -0.466 e. The van der Waals surface area contributed by atoms with Crippen LogP contribution in [0.2, 0.25) is 0 Å². The minimum atomic E-state index is -0.465. The lowest BCUT2D eigenvalue weighted by Crippen LogP contribution is -2.22. The molecule has 0 aromatic heterocycles. The molecule has 0 heterocycles. The quantitative estimate of drug-likeness (QED) is 0.230. The van der Waals surface area contributed by atoms with Crippen molar-refractivity contribution in [3.63, 3.8) is 0 Å². The number of ether oxygens (including phenoxy) is 2. The molecule has 0 atom stereocenters. The van der Waals surface area contributed by atoms with Crippen molar-refractivity contribution in [2.24, 2.45) is 0 Å². The van der Waals surface area contributed by atoms with Crippen molar-refractivity contribution in [3.8, 4) is 22.6 Å². The number of aryl methyl sites for hydroxylation is 1. The fourth-order valence-electron chi connectivity index (χ4n) is 3.61. The van der Waals surface area contributed by atoms with Gasteiger partial charge in [-0.25, -0.2) is 4.79 Å². The summed E-state index contributed by atoms with van der Waals surface area (Å²) in [5.41, 5.74) is 5.15. The lowest BCUT2D eigenvalue weighted by atomic mass is 9.99. The van der Waals surface area contributed by atoms with Gasteiger partial charge in [0, 0.05) is 18.2 Å². The largest absolute Gasteiger partial charge is 0.466 e. The van der Waals surface area contributed by atoms with Crippen molar-refractivity contribution in [1.29, 1.82) is 0 Å². The van der Waals surface area contributed by atoms with E-state index in [1.165, 1.54) is 18.7 Å². The number of para-hydroxylation sites is 1. The molecule has 0 aliphatic rings. The molecule has 0 radical (unpaired) electrons. The first-order valence-corrected chi connectivity index (χ1v) is 11.6. The highest BCUT2D eigenvalue weighted by atomic mass is 16.5. The van der Waals surface area contributed by atoms with Gasteiger partial charge in [-0.2, -0.15) is 0 Å². The fourth-order valence-corrected chi connectivity index (χ4v) is 3.61. The van der Waals surface area contributed by atoms with E-state index in [1.807, 2.05) is 97.9 Å². The first-order valence-electron chi connectivity index (χ1n) is 11.6. The fraction of sp³-hybridized carbons (Fsp3) is 0.0968. The van der Waals surface area contributed by atoms with Crippen LogP contribution in [0, 0.1) is 6.92 Å². The lowest BCUT2D eigenvalue weighted by Gasteiger charge is -2.11. The highest BCUT2D eigenvalue weighted by Gasteiger charge is 2.10. The molecule has 5 nitrogen and oxygen atoms in total. The summed E-state index contributed by atoms with van der Waals surface area (Å²) >= 11 is 0. The Bertz CT molecular complexity index is 1360. The molecule has 5 heteroatoms. The van der Waals surface area contributed by atoms with Gasteiger partial charge in [0.05, 0.1) is 7.11 Å². The summed E-state index contributed by atoms with van der Waals surface area (Å²) in [6.45, 7) is 2.44. The third-order valence-corrected chi connectivity index (χ3v) is 5.57. The maximum Gasteiger partial charge on any atom is 0.330 e. The number of methoxy groups -OCH3 is 1. The van der Waals surface area contributed by atoms with Gasteiger partial charge < -0.3 is 14.8 Å². The Balaban J connectivity index is 1.58. The summed E-state index contributed by atoms with van der Waals surface area (Å²) in [6, 6.07) is 30.8. The topological polar surface area (TPSA) is 64.6 Å². The van der Waals surface area contributed by atoms with E-state index in [-0.39, 0.29) is 5.91 Å². The molecule has 1 N–H and O–H groups in total. The van der Waals surface area contributed by atoms with Gasteiger partial charge in [-0.3, -0.25) is 4.79 Å². The number of carbonyl (C=O) groups is 2.